The molecule has 1 nitrogen and oxygen atoms in total. The van der Waals surface area contributed by atoms with Crippen molar-refractivity contribution in [2.45, 2.75) is 27.7 Å². The lowest BCUT2D eigenvalue weighted by atomic mass is 9.89. The van der Waals surface area contributed by atoms with Gasteiger partial charge >= 0.3 is 0 Å². The van der Waals surface area contributed by atoms with Gasteiger partial charge in [-0.2, -0.15) is 0 Å². The van der Waals surface area contributed by atoms with Gasteiger partial charge in [-0.05, 0) is 25.3 Å². The van der Waals surface area contributed by atoms with Crippen molar-refractivity contribution < 1.29 is 4.74 Å². The summed E-state index contributed by atoms with van der Waals surface area (Å²) in [6.45, 7) is 10.7. The van der Waals surface area contributed by atoms with Crippen LogP contribution >= 0.6 is 0 Å². The summed E-state index contributed by atoms with van der Waals surface area (Å²) in [4.78, 5) is 0. The summed E-state index contributed by atoms with van der Waals surface area (Å²) in [5.41, 5.74) is 2.97. The van der Waals surface area contributed by atoms with Crippen molar-refractivity contribution >= 4 is 0 Å². The molecular formula is C10H18O. The summed E-state index contributed by atoms with van der Waals surface area (Å²) < 4.78 is 5.43. The van der Waals surface area contributed by atoms with Gasteiger partial charge in [0.1, 0.15) is 0 Å². The van der Waals surface area contributed by atoms with Gasteiger partial charge in [-0.3, -0.25) is 0 Å². The molecule has 0 saturated carbocycles. The van der Waals surface area contributed by atoms with E-state index < -0.39 is 0 Å². The Morgan fingerprint density at radius 2 is 2.09 bits per heavy atom. The average molecular weight is 154 g/mol. The molecule has 1 atom stereocenters. The minimum Gasteiger partial charge on any atom is -0.376 e. The van der Waals surface area contributed by atoms with E-state index in [2.05, 4.69) is 27.7 Å². The minimum absolute atomic E-state index is 0.681. The summed E-state index contributed by atoms with van der Waals surface area (Å²) in [5.74, 6) is 1.40. The van der Waals surface area contributed by atoms with Crippen LogP contribution in [-0.2, 0) is 4.74 Å². The minimum atomic E-state index is 0.681. The van der Waals surface area contributed by atoms with E-state index in [1.54, 1.807) is 0 Å². The summed E-state index contributed by atoms with van der Waals surface area (Å²) in [6, 6.07) is 0. The molecule has 0 aromatic heterocycles. The van der Waals surface area contributed by atoms with Crippen molar-refractivity contribution in [2.75, 3.05) is 13.2 Å². The summed E-state index contributed by atoms with van der Waals surface area (Å²) >= 11 is 0. The van der Waals surface area contributed by atoms with Crippen LogP contribution in [-0.4, -0.2) is 13.2 Å². The highest BCUT2D eigenvalue weighted by Gasteiger charge is 2.24. The normalized spacial score (nSPS) is 24.8. The van der Waals surface area contributed by atoms with Gasteiger partial charge in [0.25, 0.3) is 0 Å². The van der Waals surface area contributed by atoms with Crippen molar-refractivity contribution in [1.29, 1.82) is 0 Å². The molecule has 1 heteroatoms. The van der Waals surface area contributed by atoms with Crippen LogP contribution < -0.4 is 0 Å². The maximum absolute atomic E-state index is 5.43. The van der Waals surface area contributed by atoms with Crippen molar-refractivity contribution in [1.82, 2.24) is 0 Å². The summed E-state index contributed by atoms with van der Waals surface area (Å²) in [6.07, 6.45) is 0. The highest BCUT2D eigenvalue weighted by Crippen LogP contribution is 2.28. The van der Waals surface area contributed by atoms with Crippen LogP contribution in [0.2, 0.25) is 0 Å². The van der Waals surface area contributed by atoms with Crippen molar-refractivity contribution in [2.24, 2.45) is 11.8 Å². The van der Waals surface area contributed by atoms with Gasteiger partial charge in [0.15, 0.2) is 0 Å². The first-order chi connectivity index (χ1) is 5.13. The lowest BCUT2D eigenvalue weighted by Crippen LogP contribution is -2.10. The van der Waals surface area contributed by atoms with E-state index in [-0.39, 0.29) is 0 Å². The molecule has 1 fully saturated rings. The fourth-order valence-corrected chi connectivity index (χ4v) is 1.61. The molecule has 0 aromatic rings. The van der Waals surface area contributed by atoms with Crippen molar-refractivity contribution in [3.8, 4) is 0 Å². The number of rotatable bonds is 1. The standard InChI is InChI=1S/C10H18O/c1-7(2)9-5-11-6-10(9)8(3)4/h7,9H,5-6H2,1-4H3/t9-/m0/s1. The molecule has 0 radical (unpaired) electrons. The van der Waals surface area contributed by atoms with E-state index >= 15 is 0 Å². The van der Waals surface area contributed by atoms with Gasteiger partial charge in [-0.15, -0.1) is 0 Å². The molecule has 0 N–H and O–H groups in total. The van der Waals surface area contributed by atoms with Gasteiger partial charge < -0.3 is 4.74 Å². The molecule has 1 heterocycles. The Hall–Kier alpha value is -0.300. The first-order valence-electron chi connectivity index (χ1n) is 4.37. The molecule has 0 amide bonds. The molecule has 0 spiro atoms. The van der Waals surface area contributed by atoms with Crippen LogP contribution in [0, 0.1) is 11.8 Å². The maximum Gasteiger partial charge on any atom is 0.0683 e. The zero-order valence-corrected chi connectivity index (χ0v) is 7.98. The zero-order chi connectivity index (χ0) is 8.43. The topological polar surface area (TPSA) is 9.23 Å². The van der Waals surface area contributed by atoms with Gasteiger partial charge in [-0.1, -0.05) is 19.4 Å². The van der Waals surface area contributed by atoms with Crippen LogP contribution in [0.4, 0.5) is 0 Å². The fraction of sp³-hybridized carbons (Fsp3) is 0.800. The Balaban J connectivity index is 2.74. The third-order valence-corrected chi connectivity index (χ3v) is 2.45. The molecule has 0 aliphatic carbocycles. The highest BCUT2D eigenvalue weighted by atomic mass is 16.5. The molecule has 0 bridgehead atoms. The quantitative estimate of drug-likeness (QED) is 0.527. The molecular weight excluding hydrogens is 136 g/mol. The number of hydrogen-bond donors (Lipinski definition) is 0. The smallest absolute Gasteiger partial charge is 0.0683 e. The second-order valence-electron chi connectivity index (χ2n) is 3.89. The highest BCUT2D eigenvalue weighted by molar-refractivity contribution is 5.17. The Morgan fingerprint density at radius 1 is 1.45 bits per heavy atom. The molecule has 1 saturated heterocycles. The third-order valence-electron chi connectivity index (χ3n) is 2.45. The Labute approximate surface area is 69.4 Å². The van der Waals surface area contributed by atoms with Crippen LogP contribution in [0.1, 0.15) is 27.7 Å². The monoisotopic (exact) mass is 154 g/mol. The lowest BCUT2D eigenvalue weighted by Gasteiger charge is -2.15. The average Bonchev–Trinajstić information content (AvgIpc) is 2.32. The van der Waals surface area contributed by atoms with E-state index in [4.69, 9.17) is 4.74 Å². The van der Waals surface area contributed by atoms with E-state index in [9.17, 15) is 0 Å². The maximum atomic E-state index is 5.43. The Morgan fingerprint density at radius 3 is 2.45 bits per heavy atom. The van der Waals surface area contributed by atoms with E-state index in [1.165, 1.54) is 11.1 Å². The molecule has 1 aliphatic rings. The van der Waals surface area contributed by atoms with Crippen molar-refractivity contribution in [3.63, 3.8) is 0 Å². The predicted octanol–water partition coefficient (Wildman–Crippen LogP) is 2.63. The van der Waals surface area contributed by atoms with Crippen LogP contribution in [0.15, 0.2) is 11.1 Å². The first-order valence-corrected chi connectivity index (χ1v) is 4.37. The first kappa shape index (κ1) is 8.79. The number of hydrogen-bond acceptors (Lipinski definition) is 1. The van der Waals surface area contributed by atoms with Crippen molar-refractivity contribution in [3.05, 3.63) is 11.1 Å². The molecule has 1 aliphatic heterocycles. The van der Waals surface area contributed by atoms with Gasteiger partial charge in [0.05, 0.1) is 13.2 Å². The largest absolute Gasteiger partial charge is 0.376 e. The molecule has 64 valence electrons. The lowest BCUT2D eigenvalue weighted by molar-refractivity contribution is 0.177. The van der Waals surface area contributed by atoms with E-state index in [0.29, 0.717) is 5.92 Å². The molecule has 0 unspecified atom stereocenters. The second-order valence-corrected chi connectivity index (χ2v) is 3.89. The van der Waals surface area contributed by atoms with Gasteiger partial charge in [0, 0.05) is 5.92 Å². The summed E-state index contributed by atoms with van der Waals surface area (Å²) in [5, 5.41) is 0. The number of allylic oxidation sites excluding steroid dienone is 1. The molecule has 0 aromatic carbocycles. The van der Waals surface area contributed by atoms with E-state index in [1.807, 2.05) is 0 Å². The third kappa shape index (κ3) is 1.84. The van der Waals surface area contributed by atoms with Crippen LogP contribution in [0.5, 0.6) is 0 Å². The summed E-state index contributed by atoms with van der Waals surface area (Å²) in [7, 11) is 0. The van der Waals surface area contributed by atoms with Gasteiger partial charge in [-0.25, -0.2) is 0 Å². The molecule has 11 heavy (non-hydrogen) atoms. The predicted molar refractivity (Wildman–Crippen MR) is 47.5 cm³/mol. The molecule has 1 rings (SSSR count). The fourth-order valence-electron chi connectivity index (χ4n) is 1.61. The second kappa shape index (κ2) is 3.40. The number of ether oxygens (including phenoxy) is 1. The SMILES string of the molecule is CC(C)=C1COC[C@H]1C(C)C. The Bertz CT molecular complexity index is 164. The van der Waals surface area contributed by atoms with Crippen LogP contribution in [0.3, 0.4) is 0 Å². The van der Waals surface area contributed by atoms with Crippen LogP contribution in [0.25, 0.3) is 0 Å². The van der Waals surface area contributed by atoms with Gasteiger partial charge in [0.2, 0.25) is 0 Å². The zero-order valence-electron chi connectivity index (χ0n) is 7.98. The van der Waals surface area contributed by atoms with E-state index in [0.717, 1.165) is 19.1 Å². The Kier molecular flexibility index (Phi) is 2.72.